The number of rotatable bonds is 5. The molecular formula is C18H21N7O2. The summed E-state index contributed by atoms with van der Waals surface area (Å²) in [5, 5.41) is 3.68. The van der Waals surface area contributed by atoms with Crippen molar-refractivity contribution in [2.45, 2.75) is 25.5 Å². The van der Waals surface area contributed by atoms with Crippen molar-refractivity contribution >= 4 is 17.0 Å². The van der Waals surface area contributed by atoms with Gasteiger partial charge in [-0.1, -0.05) is 12.1 Å². The normalized spacial score (nSPS) is 15.1. The Bertz CT molecular complexity index is 1030. The summed E-state index contributed by atoms with van der Waals surface area (Å²) in [6.45, 7) is 5.90. The molecule has 0 aliphatic carbocycles. The lowest BCUT2D eigenvalue weighted by Crippen LogP contribution is -2.34. The number of hydrogen-bond acceptors (Lipinski definition) is 7. The van der Waals surface area contributed by atoms with Gasteiger partial charge in [-0.05, 0) is 32.0 Å². The van der Waals surface area contributed by atoms with Crippen LogP contribution >= 0.6 is 0 Å². The molecule has 1 aliphatic rings. The minimum absolute atomic E-state index is 0.0918. The van der Waals surface area contributed by atoms with E-state index >= 15 is 0 Å². The zero-order valence-corrected chi connectivity index (χ0v) is 14.8. The summed E-state index contributed by atoms with van der Waals surface area (Å²) in [5.41, 5.74) is 5.92. The lowest BCUT2D eigenvalue weighted by molar-refractivity contribution is 0.156. The Morgan fingerprint density at radius 3 is 2.93 bits per heavy atom. The fraction of sp³-hybridized carbons (Fsp3) is 0.333. The van der Waals surface area contributed by atoms with Gasteiger partial charge in [-0.15, -0.1) is 6.58 Å². The Morgan fingerprint density at radius 2 is 2.15 bits per heavy atom. The first-order valence-corrected chi connectivity index (χ1v) is 8.87. The largest absolute Gasteiger partial charge is 0.474 e. The Kier molecular flexibility index (Phi) is 4.59. The van der Waals surface area contributed by atoms with E-state index < -0.39 is 0 Å². The minimum Gasteiger partial charge on any atom is -0.474 e. The molecular weight excluding hydrogens is 346 g/mol. The van der Waals surface area contributed by atoms with Crippen molar-refractivity contribution in [2.24, 2.45) is 0 Å². The van der Waals surface area contributed by atoms with Crippen LogP contribution in [0.25, 0.3) is 16.9 Å². The summed E-state index contributed by atoms with van der Waals surface area (Å²) in [6.07, 6.45) is 5.07. The molecule has 1 fully saturated rings. The Labute approximate surface area is 155 Å². The highest BCUT2D eigenvalue weighted by Gasteiger charge is 2.19. The van der Waals surface area contributed by atoms with Crippen LogP contribution in [0.4, 0.5) is 5.95 Å². The number of anilines is 1. The van der Waals surface area contributed by atoms with Crippen LogP contribution in [0.5, 0.6) is 5.88 Å². The van der Waals surface area contributed by atoms with E-state index in [0.717, 1.165) is 25.9 Å². The second-order valence-corrected chi connectivity index (χ2v) is 6.35. The van der Waals surface area contributed by atoms with Crippen molar-refractivity contribution < 1.29 is 4.74 Å². The summed E-state index contributed by atoms with van der Waals surface area (Å²) in [6, 6.07) is 5.46. The van der Waals surface area contributed by atoms with Crippen molar-refractivity contribution in [1.29, 1.82) is 0 Å². The van der Waals surface area contributed by atoms with E-state index in [-0.39, 0.29) is 17.6 Å². The quantitative estimate of drug-likeness (QED) is 0.644. The molecule has 0 amide bonds. The number of nitrogens with one attached hydrogen (secondary N) is 1. The Hall–Kier alpha value is -3.20. The number of hydrogen-bond donors (Lipinski definition) is 2. The van der Waals surface area contributed by atoms with Crippen LogP contribution in [0.3, 0.4) is 0 Å². The number of nitrogens with zero attached hydrogens (tertiary/aromatic N) is 5. The predicted molar refractivity (Wildman–Crippen MR) is 102 cm³/mol. The van der Waals surface area contributed by atoms with Gasteiger partial charge >= 0.3 is 0 Å². The highest BCUT2D eigenvalue weighted by molar-refractivity contribution is 5.76. The van der Waals surface area contributed by atoms with E-state index in [1.165, 1.54) is 10.9 Å². The van der Waals surface area contributed by atoms with Crippen LogP contribution in [0.1, 0.15) is 12.8 Å². The zero-order chi connectivity index (χ0) is 18.8. The van der Waals surface area contributed by atoms with Crippen LogP contribution in [-0.2, 0) is 6.54 Å². The summed E-state index contributed by atoms with van der Waals surface area (Å²) >= 11 is 0. The molecule has 4 rings (SSSR count). The standard InChI is InChI=1S/C18H21N7O2/c1-2-10-24-17(26)13-11-21-18(19)23-16(13)25(24)14-4-3-5-15(22-14)27-12-6-8-20-9-7-12/h2-5,11-12,20H,1,6-10H2,(H2,19,21,23). The first-order chi connectivity index (χ1) is 13.2. The van der Waals surface area contributed by atoms with Crippen molar-refractivity contribution in [2.75, 3.05) is 18.8 Å². The number of fused-ring (bicyclic) bond motifs is 1. The fourth-order valence-electron chi connectivity index (χ4n) is 3.23. The third-order valence-electron chi connectivity index (χ3n) is 4.50. The zero-order valence-electron chi connectivity index (χ0n) is 14.8. The number of allylic oxidation sites excluding steroid dienone is 1. The highest BCUT2D eigenvalue weighted by atomic mass is 16.5. The predicted octanol–water partition coefficient (Wildman–Crippen LogP) is 0.876. The van der Waals surface area contributed by atoms with E-state index in [2.05, 4.69) is 26.8 Å². The molecule has 0 unspecified atom stereocenters. The van der Waals surface area contributed by atoms with Gasteiger partial charge in [0.1, 0.15) is 11.5 Å². The van der Waals surface area contributed by atoms with E-state index in [1.807, 2.05) is 12.1 Å². The van der Waals surface area contributed by atoms with Gasteiger partial charge in [-0.2, -0.15) is 9.97 Å². The molecule has 9 heteroatoms. The van der Waals surface area contributed by atoms with E-state index in [0.29, 0.717) is 29.3 Å². The number of ether oxygens (including phenoxy) is 1. The molecule has 1 aliphatic heterocycles. The highest BCUT2D eigenvalue weighted by Crippen LogP contribution is 2.19. The second-order valence-electron chi connectivity index (χ2n) is 6.35. The molecule has 1 saturated heterocycles. The molecule has 3 aromatic rings. The van der Waals surface area contributed by atoms with Gasteiger partial charge < -0.3 is 15.8 Å². The third-order valence-corrected chi connectivity index (χ3v) is 4.50. The molecule has 3 aromatic heterocycles. The first-order valence-electron chi connectivity index (χ1n) is 8.87. The number of pyridine rings is 1. The molecule has 27 heavy (non-hydrogen) atoms. The van der Waals surface area contributed by atoms with Gasteiger partial charge in [0.15, 0.2) is 11.5 Å². The molecule has 0 radical (unpaired) electrons. The molecule has 3 N–H and O–H groups in total. The number of nitrogens with two attached hydrogens (primary N) is 1. The monoisotopic (exact) mass is 367 g/mol. The summed E-state index contributed by atoms with van der Waals surface area (Å²) in [4.78, 5) is 25.5. The van der Waals surface area contributed by atoms with Crippen LogP contribution in [0.2, 0.25) is 0 Å². The molecule has 0 saturated carbocycles. The van der Waals surface area contributed by atoms with Gasteiger partial charge in [0.05, 0.1) is 6.54 Å². The van der Waals surface area contributed by atoms with Gasteiger partial charge in [0.25, 0.3) is 5.56 Å². The van der Waals surface area contributed by atoms with Crippen molar-refractivity contribution in [3.05, 3.63) is 47.4 Å². The Morgan fingerprint density at radius 1 is 1.33 bits per heavy atom. The lowest BCUT2D eigenvalue weighted by Gasteiger charge is -2.23. The summed E-state index contributed by atoms with van der Waals surface area (Å²) in [7, 11) is 0. The maximum atomic E-state index is 12.7. The molecule has 140 valence electrons. The second kappa shape index (κ2) is 7.20. The minimum atomic E-state index is -0.226. The van der Waals surface area contributed by atoms with Crippen molar-refractivity contribution in [3.8, 4) is 11.7 Å². The Balaban J connectivity index is 1.80. The van der Waals surface area contributed by atoms with Crippen LogP contribution in [0.15, 0.2) is 41.8 Å². The van der Waals surface area contributed by atoms with E-state index in [1.54, 1.807) is 16.8 Å². The summed E-state index contributed by atoms with van der Waals surface area (Å²) in [5.74, 6) is 1.13. The maximum Gasteiger partial charge on any atom is 0.278 e. The lowest BCUT2D eigenvalue weighted by atomic mass is 10.1. The molecule has 0 spiro atoms. The summed E-state index contributed by atoms with van der Waals surface area (Å²) < 4.78 is 9.16. The topological polar surface area (TPSA) is 113 Å². The van der Waals surface area contributed by atoms with Crippen molar-refractivity contribution in [1.82, 2.24) is 29.6 Å². The number of aromatic nitrogens is 5. The molecule has 9 nitrogen and oxygen atoms in total. The van der Waals surface area contributed by atoms with Crippen LogP contribution in [0, 0.1) is 0 Å². The molecule has 4 heterocycles. The first kappa shape index (κ1) is 17.2. The SMILES string of the molecule is C=CCn1c(=O)c2cnc(N)nc2n1-c1cccc(OC2CCNCC2)n1. The van der Waals surface area contributed by atoms with Crippen LogP contribution in [-0.4, -0.2) is 43.5 Å². The average molecular weight is 367 g/mol. The van der Waals surface area contributed by atoms with Gasteiger partial charge in [-0.25, -0.2) is 14.3 Å². The van der Waals surface area contributed by atoms with E-state index in [4.69, 9.17) is 10.5 Å². The average Bonchev–Trinajstić information content (AvgIpc) is 2.94. The molecule has 0 aromatic carbocycles. The van der Waals surface area contributed by atoms with Gasteiger partial charge in [-0.3, -0.25) is 4.79 Å². The number of piperidine rings is 1. The van der Waals surface area contributed by atoms with Gasteiger partial charge in [0.2, 0.25) is 11.8 Å². The number of nitrogen functional groups attached to an aromatic ring is 1. The smallest absolute Gasteiger partial charge is 0.278 e. The molecule has 0 atom stereocenters. The third kappa shape index (κ3) is 3.28. The van der Waals surface area contributed by atoms with Crippen LogP contribution < -0.4 is 21.3 Å². The van der Waals surface area contributed by atoms with Gasteiger partial charge in [0, 0.05) is 12.3 Å². The van der Waals surface area contributed by atoms with Crippen molar-refractivity contribution in [3.63, 3.8) is 0 Å². The fourth-order valence-corrected chi connectivity index (χ4v) is 3.23. The molecule has 0 bridgehead atoms. The van der Waals surface area contributed by atoms with E-state index in [9.17, 15) is 4.79 Å². The maximum absolute atomic E-state index is 12.7.